The van der Waals surface area contributed by atoms with E-state index in [1.165, 1.54) is 23.2 Å². The van der Waals surface area contributed by atoms with E-state index in [0.717, 1.165) is 31.5 Å². The molecule has 8 heteroatoms. The van der Waals surface area contributed by atoms with Crippen molar-refractivity contribution < 1.29 is 18.0 Å². The molecule has 3 aliphatic heterocycles. The number of benzene rings is 2. The molecule has 0 aromatic heterocycles. The van der Waals surface area contributed by atoms with Gasteiger partial charge in [0.1, 0.15) is 0 Å². The van der Waals surface area contributed by atoms with E-state index in [0.29, 0.717) is 50.1 Å². The van der Waals surface area contributed by atoms with Crippen molar-refractivity contribution in [1.29, 1.82) is 0 Å². The second-order valence-electron chi connectivity index (χ2n) is 9.79. The smallest absolute Gasteiger partial charge is 0.264 e. The van der Waals surface area contributed by atoms with Crippen molar-refractivity contribution in [2.24, 2.45) is 5.92 Å². The highest BCUT2D eigenvalue weighted by atomic mass is 32.2. The Hall–Kier alpha value is -2.87. The average Bonchev–Trinajstić information content (AvgIpc) is 3.15. The van der Waals surface area contributed by atoms with Gasteiger partial charge in [0.05, 0.1) is 10.6 Å². The highest BCUT2D eigenvalue weighted by molar-refractivity contribution is 7.92. The highest BCUT2D eigenvalue weighted by Gasteiger charge is 2.33. The Kier molecular flexibility index (Phi) is 6.82. The number of para-hydroxylation sites is 1. The molecule has 2 saturated heterocycles. The fraction of sp³-hybridized carbons (Fsp3) is 0.481. The predicted octanol–water partition coefficient (Wildman–Crippen LogP) is 3.69. The second-order valence-corrected chi connectivity index (χ2v) is 11.7. The third-order valence-corrected chi connectivity index (χ3v) is 9.37. The van der Waals surface area contributed by atoms with Crippen LogP contribution in [0.5, 0.6) is 0 Å². The van der Waals surface area contributed by atoms with Gasteiger partial charge < -0.3 is 9.80 Å². The van der Waals surface area contributed by atoms with E-state index in [9.17, 15) is 18.0 Å². The number of sulfonamides is 1. The van der Waals surface area contributed by atoms with Crippen LogP contribution in [0.25, 0.3) is 0 Å². The molecule has 0 atom stereocenters. The molecule has 0 aliphatic carbocycles. The SMILES string of the molecule is O=C(c1cccc(S(=O)(=O)N2CCc3ccccc32)c1)N1CCC(C(=O)N2CCCCCC2)CC1. The Balaban J connectivity index is 1.26. The van der Waals surface area contributed by atoms with Gasteiger partial charge in [0.15, 0.2) is 0 Å². The maximum atomic E-state index is 13.4. The molecule has 2 aromatic rings. The molecule has 0 unspecified atom stereocenters. The zero-order valence-corrected chi connectivity index (χ0v) is 20.9. The minimum atomic E-state index is -3.76. The first-order valence-corrected chi connectivity index (χ1v) is 14.2. The van der Waals surface area contributed by atoms with Crippen molar-refractivity contribution in [2.45, 2.75) is 49.8 Å². The molecule has 35 heavy (non-hydrogen) atoms. The fourth-order valence-electron chi connectivity index (χ4n) is 5.54. The number of anilines is 1. The number of piperidine rings is 1. The molecule has 0 radical (unpaired) electrons. The normalized spacial score (nSPS) is 19.4. The summed E-state index contributed by atoms with van der Waals surface area (Å²) in [5.41, 5.74) is 2.09. The summed E-state index contributed by atoms with van der Waals surface area (Å²) >= 11 is 0. The van der Waals surface area contributed by atoms with Crippen molar-refractivity contribution in [3.8, 4) is 0 Å². The summed E-state index contributed by atoms with van der Waals surface area (Å²) in [4.78, 5) is 30.1. The zero-order chi connectivity index (χ0) is 24.4. The molecule has 5 rings (SSSR count). The summed E-state index contributed by atoms with van der Waals surface area (Å²) in [6.07, 6.45) is 6.52. The zero-order valence-electron chi connectivity index (χ0n) is 20.1. The van der Waals surface area contributed by atoms with Gasteiger partial charge in [-0.1, -0.05) is 37.1 Å². The maximum absolute atomic E-state index is 13.4. The van der Waals surface area contributed by atoms with Crippen LogP contribution in [-0.4, -0.2) is 62.8 Å². The van der Waals surface area contributed by atoms with Gasteiger partial charge in [-0.05, 0) is 61.9 Å². The summed E-state index contributed by atoms with van der Waals surface area (Å²) in [5, 5.41) is 0. The summed E-state index contributed by atoms with van der Waals surface area (Å²) in [5.74, 6) is 0.0293. The lowest BCUT2D eigenvalue weighted by molar-refractivity contribution is -0.136. The van der Waals surface area contributed by atoms with Gasteiger partial charge in [-0.15, -0.1) is 0 Å². The minimum Gasteiger partial charge on any atom is -0.342 e. The Morgan fingerprint density at radius 1 is 0.771 bits per heavy atom. The monoisotopic (exact) mass is 495 g/mol. The second kappa shape index (κ2) is 10.0. The quantitative estimate of drug-likeness (QED) is 0.648. The summed E-state index contributed by atoms with van der Waals surface area (Å²) in [6, 6.07) is 13.9. The van der Waals surface area contributed by atoms with E-state index < -0.39 is 10.0 Å². The third kappa shape index (κ3) is 4.81. The van der Waals surface area contributed by atoms with Crippen LogP contribution in [0.4, 0.5) is 5.69 Å². The molecular weight excluding hydrogens is 462 g/mol. The molecular formula is C27H33N3O4S. The maximum Gasteiger partial charge on any atom is 0.264 e. The number of nitrogens with zero attached hydrogens (tertiary/aromatic N) is 3. The Morgan fingerprint density at radius 3 is 2.23 bits per heavy atom. The van der Waals surface area contributed by atoms with Gasteiger partial charge >= 0.3 is 0 Å². The Morgan fingerprint density at radius 2 is 1.49 bits per heavy atom. The summed E-state index contributed by atoms with van der Waals surface area (Å²) in [6.45, 7) is 3.12. The van der Waals surface area contributed by atoms with Gasteiger partial charge in [0, 0.05) is 44.2 Å². The standard InChI is InChI=1S/C27H33N3O4S/c31-26(28-15-5-1-2-6-16-28)22-12-17-29(18-13-22)27(32)23-9-7-10-24(20-23)35(33,34)30-19-14-21-8-3-4-11-25(21)30/h3-4,7-11,20,22H,1-2,5-6,12-19H2. The number of rotatable bonds is 4. The third-order valence-electron chi connectivity index (χ3n) is 7.56. The molecule has 0 N–H and O–H groups in total. The van der Waals surface area contributed by atoms with Crippen molar-refractivity contribution in [2.75, 3.05) is 37.0 Å². The van der Waals surface area contributed by atoms with E-state index in [1.54, 1.807) is 23.1 Å². The van der Waals surface area contributed by atoms with Gasteiger partial charge in [-0.2, -0.15) is 0 Å². The Bertz CT molecular complexity index is 1200. The first-order chi connectivity index (χ1) is 16.9. The molecule has 3 heterocycles. The lowest BCUT2D eigenvalue weighted by atomic mass is 9.94. The van der Waals surface area contributed by atoms with E-state index in [2.05, 4.69) is 0 Å². The number of carbonyl (C=O) groups is 2. The van der Waals surface area contributed by atoms with Crippen LogP contribution >= 0.6 is 0 Å². The number of amides is 2. The molecule has 7 nitrogen and oxygen atoms in total. The van der Waals surface area contributed by atoms with Crippen LogP contribution in [0.15, 0.2) is 53.4 Å². The van der Waals surface area contributed by atoms with Crippen LogP contribution in [0.1, 0.15) is 54.4 Å². The van der Waals surface area contributed by atoms with Crippen LogP contribution in [0, 0.1) is 5.92 Å². The van der Waals surface area contributed by atoms with Crippen molar-refractivity contribution >= 4 is 27.5 Å². The topological polar surface area (TPSA) is 78.0 Å². The number of hydrogen-bond donors (Lipinski definition) is 0. The first-order valence-electron chi connectivity index (χ1n) is 12.7. The van der Waals surface area contributed by atoms with Crippen molar-refractivity contribution in [3.63, 3.8) is 0 Å². The number of carbonyl (C=O) groups excluding carboxylic acids is 2. The molecule has 2 aromatic carbocycles. The molecule has 2 fully saturated rings. The van der Waals surface area contributed by atoms with Crippen LogP contribution in [-0.2, 0) is 21.2 Å². The van der Waals surface area contributed by atoms with Crippen molar-refractivity contribution in [3.05, 3.63) is 59.7 Å². The van der Waals surface area contributed by atoms with Crippen molar-refractivity contribution in [1.82, 2.24) is 9.80 Å². The molecule has 3 aliphatic rings. The summed E-state index contributed by atoms with van der Waals surface area (Å²) in [7, 11) is -3.76. The van der Waals surface area contributed by atoms with Gasteiger partial charge in [-0.25, -0.2) is 8.42 Å². The summed E-state index contributed by atoms with van der Waals surface area (Å²) < 4.78 is 28.2. The van der Waals surface area contributed by atoms with Crippen LogP contribution in [0.2, 0.25) is 0 Å². The first kappa shape index (κ1) is 23.9. The number of hydrogen-bond acceptors (Lipinski definition) is 4. The van der Waals surface area contributed by atoms with Crippen LogP contribution in [0.3, 0.4) is 0 Å². The minimum absolute atomic E-state index is 0.0286. The average molecular weight is 496 g/mol. The van der Waals surface area contributed by atoms with E-state index in [-0.39, 0.29) is 22.6 Å². The molecule has 0 spiro atoms. The fourth-order valence-corrected chi connectivity index (χ4v) is 7.09. The number of likely N-dealkylation sites (tertiary alicyclic amines) is 2. The van der Waals surface area contributed by atoms with Gasteiger partial charge in [-0.3, -0.25) is 13.9 Å². The molecule has 0 bridgehead atoms. The van der Waals surface area contributed by atoms with Gasteiger partial charge in [0.2, 0.25) is 5.91 Å². The molecule has 0 saturated carbocycles. The largest absolute Gasteiger partial charge is 0.342 e. The lowest BCUT2D eigenvalue weighted by Gasteiger charge is -2.34. The predicted molar refractivity (Wildman–Crippen MR) is 135 cm³/mol. The van der Waals surface area contributed by atoms with E-state index >= 15 is 0 Å². The van der Waals surface area contributed by atoms with E-state index in [1.807, 2.05) is 29.2 Å². The molecule has 186 valence electrons. The Labute approximate surface area is 207 Å². The van der Waals surface area contributed by atoms with Crippen LogP contribution < -0.4 is 4.31 Å². The highest BCUT2D eigenvalue weighted by Crippen LogP contribution is 2.33. The molecule has 2 amide bonds. The van der Waals surface area contributed by atoms with E-state index in [4.69, 9.17) is 0 Å². The number of fused-ring (bicyclic) bond motifs is 1. The lowest BCUT2D eigenvalue weighted by Crippen LogP contribution is -2.44. The van der Waals surface area contributed by atoms with Gasteiger partial charge in [0.25, 0.3) is 15.9 Å².